The highest BCUT2D eigenvalue weighted by Crippen LogP contribution is 2.11. The molecule has 0 atom stereocenters. The molecule has 0 aliphatic heterocycles. The molecule has 0 bridgehead atoms. The zero-order valence-corrected chi connectivity index (χ0v) is 10.4. The molecule has 0 spiro atoms. The largest absolute Gasteiger partial charge is 0.256 e. The van der Waals surface area contributed by atoms with Crippen molar-refractivity contribution in [2.75, 3.05) is 0 Å². The van der Waals surface area contributed by atoms with Crippen LogP contribution in [0.15, 0.2) is 36.5 Å². The van der Waals surface area contributed by atoms with E-state index in [1.807, 2.05) is 40.0 Å². The summed E-state index contributed by atoms with van der Waals surface area (Å²) in [5, 5.41) is 1.21. The summed E-state index contributed by atoms with van der Waals surface area (Å²) in [6.45, 7) is 10.1. The molecule has 0 amide bonds. The molecule has 1 aromatic heterocycles. The van der Waals surface area contributed by atoms with Gasteiger partial charge in [-0.15, -0.1) is 0 Å². The Morgan fingerprint density at radius 1 is 0.933 bits per heavy atom. The molecule has 0 radical (unpaired) electrons. The van der Waals surface area contributed by atoms with Crippen molar-refractivity contribution in [2.45, 2.75) is 34.6 Å². The smallest absolute Gasteiger partial charge is 0.0704 e. The maximum absolute atomic E-state index is 4.24. The van der Waals surface area contributed by atoms with Gasteiger partial charge in [0, 0.05) is 11.6 Å². The summed E-state index contributed by atoms with van der Waals surface area (Å²) in [6, 6.07) is 10.3. The van der Waals surface area contributed by atoms with Gasteiger partial charge in [0.1, 0.15) is 0 Å². The normalized spacial score (nSPS) is 8.33. The minimum absolute atomic E-state index is 1.08. The monoisotopic (exact) mass is 203 g/mol. The summed E-state index contributed by atoms with van der Waals surface area (Å²) in [7, 11) is 0. The molecule has 2 rings (SSSR count). The Kier molecular flexibility index (Phi) is 7.25. The second kappa shape index (κ2) is 7.98. The van der Waals surface area contributed by atoms with Gasteiger partial charge in [0.25, 0.3) is 0 Å². The van der Waals surface area contributed by atoms with Crippen molar-refractivity contribution >= 4 is 10.9 Å². The summed E-state index contributed by atoms with van der Waals surface area (Å²) >= 11 is 0. The van der Waals surface area contributed by atoms with Crippen LogP contribution in [-0.4, -0.2) is 4.98 Å². The van der Waals surface area contributed by atoms with E-state index >= 15 is 0 Å². The number of benzene rings is 1. The molecule has 0 fully saturated rings. The minimum Gasteiger partial charge on any atom is -0.256 e. The predicted octanol–water partition coefficient (Wildman–Crippen LogP) is 4.60. The van der Waals surface area contributed by atoms with E-state index in [2.05, 4.69) is 36.2 Å². The van der Waals surface area contributed by atoms with Gasteiger partial charge in [-0.2, -0.15) is 0 Å². The molecule has 82 valence electrons. The molecular formula is C14H21N. The lowest BCUT2D eigenvalue weighted by Gasteiger charge is -1.95. The Hall–Kier alpha value is -1.37. The first kappa shape index (κ1) is 13.6. The molecule has 0 N–H and O–H groups in total. The van der Waals surface area contributed by atoms with Crippen molar-refractivity contribution in [3.05, 3.63) is 42.1 Å². The van der Waals surface area contributed by atoms with Crippen molar-refractivity contribution in [1.82, 2.24) is 4.98 Å². The molecule has 0 saturated heterocycles. The van der Waals surface area contributed by atoms with E-state index in [0.29, 0.717) is 0 Å². The lowest BCUT2D eigenvalue weighted by molar-refractivity contribution is 1.39. The van der Waals surface area contributed by atoms with E-state index in [9.17, 15) is 0 Å². The topological polar surface area (TPSA) is 12.9 Å². The predicted molar refractivity (Wildman–Crippen MR) is 69.2 cm³/mol. The molecule has 0 aliphatic rings. The van der Waals surface area contributed by atoms with E-state index in [-0.39, 0.29) is 0 Å². The highest BCUT2D eigenvalue weighted by Gasteiger charge is 1.90. The number of hydrogen-bond acceptors (Lipinski definition) is 1. The van der Waals surface area contributed by atoms with Gasteiger partial charge < -0.3 is 0 Å². The van der Waals surface area contributed by atoms with Crippen molar-refractivity contribution in [1.29, 1.82) is 0 Å². The van der Waals surface area contributed by atoms with Gasteiger partial charge >= 0.3 is 0 Å². The van der Waals surface area contributed by atoms with Crippen LogP contribution in [0.5, 0.6) is 0 Å². The van der Waals surface area contributed by atoms with E-state index < -0.39 is 0 Å². The summed E-state index contributed by atoms with van der Waals surface area (Å²) in [5.74, 6) is 0. The van der Waals surface area contributed by atoms with Gasteiger partial charge in [-0.3, -0.25) is 4.98 Å². The van der Waals surface area contributed by atoms with Crippen molar-refractivity contribution in [2.24, 2.45) is 0 Å². The van der Waals surface area contributed by atoms with Crippen molar-refractivity contribution < 1.29 is 0 Å². The fourth-order valence-electron chi connectivity index (χ4n) is 1.18. The Morgan fingerprint density at radius 3 is 2.27 bits per heavy atom. The molecule has 1 aromatic carbocycles. The highest BCUT2D eigenvalue weighted by molar-refractivity contribution is 5.78. The van der Waals surface area contributed by atoms with Crippen LogP contribution in [0.3, 0.4) is 0 Å². The second-order valence-corrected chi connectivity index (χ2v) is 2.70. The first-order chi connectivity index (χ1) is 7.36. The van der Waals surface area contributed by atoms with Crippen molar-refractivity contribution in [3.8, 4) is 0 Å². The van der Waals surface area contributed by atoms with Gasteiger partial charge in [0.15, 0.2) is 0 Å². The number of fused-ring (bicyclic) bond motifs is 1. The molecule has 1 nitrogen and oxygen atoms in total. The summed E-state index contributed by atoms with van der Waals surface area (Å²) in [4.78, 5) is 4.24. The molecule has 0 unspecified atom stereocenters. The highest BCUT2D eigenvalue weighted by atomic mass is 14.6. The minimum atomic E-state index is 1.08. The number of aromatic nitrogens is 1. The van der Waals surface area contributed by atoms with Crippen LogP contribution in [-0.2, 0) is 0 Å². The molecule has 0 aliphatic carbocycles. The maximum Gasteiger partial charge on any atom is 0.0704 e. The summed E-state index contributed by atoms with van der Waals surface area (Å²) < 4.78 is 0. The Balaban J connectivity index is 0.000000442. The molecule has 2 aromatic rings. The molecule has 0 saturated carbocycles. The van der Waals surface area contributed by atoms with E-state index in [1.165, 1.54) is 10.9 Å². The van der Waals surface area contributed by atoms with Crippen LogP contribution < -0.4 is 0 Å². The van der Waals surface area contributed by atoms with Crippen LogP contribution in [0.1, 0.15) is 33.3 Å². The van der Waals surface area contributed by atoms with E-state index in [4.69, 9.17) is 0 Å². The Bertz CT molecular complexity index is 380. The number of nitrogens with zero attached hydrogens (tertiary/aromatic N) is 1. The van der Waals surface area contributed by atoms with Gasteiger partial charge in [-0.1, -0.05) is 45.9 Å². The third kappa shape index (κ3) is 4.11. The standard InChI is InChI=1S/C10H9N.2C2H6/c1-8-4-5-9-3-2-6-11-10(9)7-8;2*1-2/h2-7H,1H3;2*1-2H3. The number of aryl methyl sites for hydroxylation is 1. The average molecular weight is 203 g/mol. The third-order valence-corrected chi connectivity index (χ3v) is 1.76. The van der Waals surface area contributed by atoms with E-state index in [1.54, 1.807) is 0 Å². The first-order valence-electron chi connectivity index (χ1n) is 5.68. The Labute approximate surface area is 93.2 Å². The fourth-order valence-corrected chi connectivity index (χ4v) is 1.18. The molecule has 15 heavy (non-hydrogen) atoms. The molecular weight excluding hydrogens is 182 g/mol. The van der Waals surface area contributed by atoms with Gasteiger partial charge in [-0.25, -0.2) is 0 Å². The lowest BCUT2D eigenvalue weighted by Crippen LogP contribution is -1.77. The second-order valence-electron chi connectivity index (χ2n) is 2.70. The SMILES string of the molecule is CC.CC.Cc1ccc2cccnc2c1. The first-order valence-corrected chi connectivity index (χ1v) is 5.68. The van der Waals surface area contributed by atoms with Crippen molar-refractivity contribution in [3.63, 3.8) is 0 Å². The number of rotatable bonds is 0. The average Bonchev–Trinajstić information content (AvgIpc) is 2.34. The third-order valence-electron chi connectivity index (χ3n) is 1.76. The molecule has 1 heterocycles. The zero-order valence-electron chi connectivity index (χ0n) is 10.4. The van der Waals surface area contributed by atoms with Crippen LogP contribution in [0, 0.1) is 6.92 Å². The van der Waals surface area contributed by atoms with Crippen LogP contribution in [0.4, 0.5) is 0 Å². The summed E-state index contributed by atoms with van der Waals surface area (Å²) in [6.07, 6.45) is 1.82. The maximum atomic E-state index is 4.24. The van der Waals surface area contributed by atoms with Crippen LogP contribution in [0.25, 0.3) is 10.9 Å². The van der Waals surface area contributed by atoms with Crippen LogP contribution in [0.2, 0.25) is 0 Å². The quantitative estimate of drug-likeness (QED) is 0.610. The van der Waals surface area contributed by atoms with Crippen LogP contribution >= 0.6 is 0 Å². The number of pyridine rings is 1. The molecule has 1 heteroatoms. The fraction of sp³-hybridized carbons (Fsp3) is 0.357. The van der Waals surface area contributed by atoms with Gasteiger partial charge in [0.2, 0.25) is 0 Å². The Morgan fingerprint density at radius 2 is 1.60 bits per heavy atom. The summed E-state index contributed by atoms with van der Waals surface area (Å²) in [5.41, 5.74) is 2.34. The number of hydrogen-bond donors (Lipinski definition) is 0. The lowest BCUT2D eigenvalue weighted by atomic mass is 10.1. The van der Waals surface area contributed by atoms with Gasteiger partial charge in [-0.05, 0) is 24.6 Å². The van der Waals surface area contributed by atoms with E-state index in [0.717, 1.165) is 5.52 Å². The zero-order chi connectivity index (χ0) is 11.7. The van der Waals surface area contributed by atoms with Gasteiger partial charge in [0.05, 0.1) is 5.52 Å².